The molecule has 7 heteroatoms. The standard InChI is InChI=1S/C17H29N5OS/c1-10-9-11(2)20-17(19-10)24-14(5)16(23)18-8-6-7-15-12(3)21-22-13(15)4/h9,12-15,21-22H,6-8H2,1-5H3,(H,18,23). The summed E-state index contributed by atoms with van der Waals surface area (Å²) in [5.74, 6) is 0.656. The van der Waals surface area contributed by atoms with Crippen molar-refractivity contribution < 1.29 is 4.79 Å². The largest absolute Gasteiger partial charge is 0.355 e. The number of rotatable bonds is 7. The van der Waals surface area contributed by atoms with Crippen LogP contribution in [-0.2, 0) is 4.79 Å². The van der Waals surface area contributed by atoms with E-state index in [0.29, 0.717) is 29.7 Å². The van der Waals surface area contributed by atoms with Gasteiger partial charge in [-0.25, -0.2) is 9.97 Å². The predicted molar refractivity (Wildman–Crippen MR) is 97.8 cm³/mol. The van der Waals surface area contributed by atoms with Crippen molar-refractivity contribution >= 4 is 17.7 Å². The zero-order valence-corrected chi connectivity index (χ0v) is 16.0. The van der Waals surface area contributed by atoms with Crippen molar-refractivity contribution in [3.63, 3.8) is 0 Å². The van der Waals surface area contributed by atoms with Crippen LogP contribution in [0.15, 0.2) is 11.2 Å². The Balaban J connectivity index is 1.71. The van der Waals surface area contributed by atoms with Crippen molar-refractivity contribution in [1.29, 1.82) is 0 Å². The van der Waals surface area contributed by atoms with E-state index in [0.717, 1.165) is 24.2 Å². The van der Waals surface area contributed by atoms with E-state index >= 15 is 0 Å². The Morgan fingerprint density at radius 2 is 1.83 bits per heavy atom. The number of hydrazine groups is 1. The average Bonchev–Trinajstić information content (AvgIpc) is 2.81. The molecule has 0 bridgehead atoms. The van der Waals surface area contributed by atoms with Crippen molar-refractivity contribution in [1.82, 2.24) is 26.1 Å². The molecule has 1 aromatic heterocycles. The number of thioether (sulfide) groups is 1. The van der Waals surface area contributed by atoms with E-state index in [-0.39, 0.29) is 11.2 Å². The summed E-state index contributed by atoms with van der Waals surface area (Å²) in [7, 11) is 0. The molecule has 3 unspecified atom stereocenters. The molecule has 0 aromatic carbocycles. The number of hydrogen-bond donors (Lipinski definition) is 3. The zero-order chi connectivity index (χ0) is 17.7. The van der Waals surface area contributed by atoms with Crippen LogP contribution < -0.4 is 16.2 Å². The van der Waals surface area contributed by atoms with Gasteiger partial charge in [0.25, 0.3) is 0 Å². The predicted octanol–water partition coefficient (Wildman–Crippen LogP) is 1.97. The molecule has 134 valence electrons. The second-order valence-electron chi connectivity index (χ2n) is 6.66. The quantitative estimate of drug-likeness (QED) is 0.396. The molecular weight excluding hydrogens is 322 g/mol. The molecule has 6 nitrogen and oxygen atoms in total. The van der Waals surface area contributed by atoms with Crippen molar-refractivity contribution in [2.75, 3.05) is 6.54 Å². The van der Waals surface area contributed by atoms with Gasteiger partial charge in [-0.05, 0) is 59.4 Å². The maximum absolute atomic E-state index is 12.2. The highest BCUT2D eigenvalue weighted by molar-refractivity contribution is 8.00. The molecule has 24 heavy (non-hydrogen) atoms. The molecule has 1 aliphatic heterocycles. The SMILES string of the molecule is Cc1cc(C)nc(SC(C)C(=O)NCCCC2C(C)NNC2C)n1. The van der Waals surface area contributed by atoms with Crippen molar-refractivity contribution in [2.24, 2.45) is 5.92 Å². The summed E-state index contributed by atoms with van der Waals surface area (Å²) in [5, 5.41) is 3.50. The summed E-state index contributed by atoms with van der Waals surface area (Å²) < 4.78 is 0. The highest BCUT2D eigenvalue weighted by Crippen LogP contribution is 2.21. The number of nitrogens with zero attached hydrogens (tertiary/aromatic N) is 2. The van der Waals surface area contributed by atoms with Crippen LogP contribution in [0.25, 0.3) is 0 Å². The lowest BCUT2D eigenvalue weighted by Crippen LogP contribution is -2.32. The first-order valence-corrected chi connectivity index (χ1v) is 9.52. The van der Waals surface area contributed by atoms with Gasteiger partial charge >= 0.3 is 0 Å². The third-order valence-electron chi connectivity index (χ3n) is 4.45. The molecule has 2 rings (SSSR count). The molecule has 0 spiro atoms. The minimum absolute atomic E-state index is 0.0477. The smallest absolute Gasteiger partial charge is 0.233 e. The summed E-state index contributed by atoms with van der Waals surface area (Å²) in [4.78, 5) is 21.0. The summed E-state index contributed by atoms with van der Waals surface area (Å²) in [5.41, 5.74) is 8.40. The van der Waals surface area contributed by atoms with Crippen LogP contribution in [0.2, 0.25) is 0 Å². The molecule has 3 atom stereocenters. The van der Waals surface area contributed by atoms with Crippen LogP contribution in [0.5, 0.6) is 0 Å². The highest BCUT2D eigenvalue weighted by Gasteiger charge is 2.28. The van der Waals surface area contributed by atoms with Gasteiger partial charge in [-0.1, -0.05) is 11.8 Å². The van der Waals surface area contributed by atoms with Gasteiger partial charge in [-0.15, -0.1) is 0 Å². The molecule has 2 heterocycles. The van der Waals surface area contributed by atoms with E-state index in [9.17, 15) is 4.79 Å². The lowest BCUT2D eigenvalue weighted by atomic mass is 9.92. The summed E-state index contributed by atoms with van der Waals surface area (Å²) in [6, 6.07) is 2.89. The first kappa shape index (κ1) is 19.1. The van der Waals surface area contributed by atoms with E-state index in [1.165, 1.54) is 11.8 Å². The van der Waals surface area contributed by atoms with E-state index in [1.54, 1.807) is 0 Å². The van der Waals surface area contributed by atoms with Crippen LogP contribution in [0.1, 0.15) is 45.0 Å². The van der Waals surface area contributed by atoms with Crippen LogP contribution in [0, 0.1) is 19.8 Å². The Labute approximate surface area is 149 Å². The number of aryl methyl sites for hydroxylation is 2. The Bertz CT molecular complexity index is 538. The number of carbonyl (C=O) groups excluding carboxylic acids is 1. The van der Waals surface area contributed by atoms with E-state index in [4.69, 9.17) is 0 Å². The monoisotopic (exact) mass is 351 g/mol. The van der Waals surface area contributed by atoms with Gasteiger partial charge in [0.2, 0.25) is 5.91 Å². The fraction of sp³-hybridized carbons (Fsp3) is 0.706. The highest BCUT2D eigenvalue weighted by atomic mass is 32.2. The number of aromatic nitrogens is 2. The Hall–Kier alpha value is -1.18. The lowest BCUT2D eigenvalue weighted by Gasteiger charge is -2.18. The van der Waals surface area contributed by atoms with Crippen molar-refractivity contribution in [3.05, 3.63) is 17.5 Å². The Morgan fingerprint density at radius 1 is 1.25 bits per heavy atom. The molecule has 1 fully saturated rings. The van der Waals surface area contributed by atoms with Crippen molar-refractivity contribution in [2.45, 2.75) is 70.0 Å². The Morgan fingerprint density at radius 3 is 2.42 bits per heavy atom. The molecule has 3 N–H and O–H groups in total. The van der Waals surface area contributed by atoms with Gasteiger partial charge in [-0.3, -0.25) is 15.6 Å². The summed E-state index contributed by atoms with van der Waals surface area (Å²) in [6.07, 6.45) is 2.09. The molecular formula is C17H29N5OS. The average molecular weight is 352 g/mol. The van der Waals surface area contributed by atoms with Gasteiger partial charge in [0.1, 0.15) is 0 Å². The van der Waals surface area contributed by atoms with E-state index in [1.807, 2.05) is 26.8 Å². The maximum Gasteiger partial charge on any atom is 0.233 e. The van der Waals surface area contributed by atoms with Crippen LogP contribution in [0.3, 0.4) is 0 Å². The first-order chi connectivity index (χ1) is 11.4. The summed E-state index contributed by atoms with van der Waals surface area (Å²) >= 11 is 1.41. The molecule has 1 aromatic rings. The fourth-order valence-corrected chi connectivity index (χ4v) is 3.96. The normalized spacial score (nSPS) is 24.8. The molecule has 1 saturated heterocycles. The minimum Gasteiger partial charge on any atom is -0.355 e. The third-order valence-corrected chi connectivity index (χ3v) is 5.41. The lowest BCUT2D eigenvalue weighted by molar-refractivity contribution is -0.120. The van der Waals surface area contributed by atoms with E-state index in [2.05, 4.69) is 40.0 Å². The molecule has 1 aliphatic rings. The fourth-order valence-electron chi connectivity index (χ4n) is 3.06. The maximum atomic E-state index is 12.2. The molecule has 0 saturated carbocycles. The Kier molecular flexibility index (Phi) is 7.01. The van der Waals surface area contributed by atoms with Gasteiger partial charge in [0, 0.05) is 30.0 Å². The number of hydrogen-bond acceptors (Lipinski definition) is 6. The first-order valence-electron chi connectivity index (χ1n) is 8.64. The second kappa shape index (κ2) is 8.78. The second-order valence-corrected chi connectivity index (χ2v) is 7.96. The van der Waals surface area contributed by atoms with Gasteiger partial charge in [-0.2, -0.15) is 0 Å². The number of carbonyl (C=O) groups is 1. The number of nitrogens with one attached hydrogen (secondary N) is 3. The third kappa shape index (κ3) is 5.43. The molecule has 0 radical (unpaired) electrons. The number of amides is 1. The van der Waals surface area contributed by atoms with Gasteiger partial charge < -0.3 is 5.32 Å². The summed E-state index contributed by atoms with van der Waals surface area (Å²) in [6.45, 7) is 10.9. The molecule has 0 aliphatic carbocycles. The van der Waals surface area contributed by atoms with Crippen molar-refractivity contribution in [3.8, 4) is 0 Å². The van der Waals surface area contributed by atoms with Crippen LogP contribution in [-0.4, -0.2) is 39.8 Å². The van der Waals surface area contributed by atoms with Gasteiger partial charge in [0.05, 0.1) is 5.25 Å². The van der Waals surface area contributed by atoms with E-state index < -0.39 is 0 Å². The van der Waals surface area contributed by atoms with Gasteiger partial charge in [0.15, 0.2) is 5.16 Å². The zero-order valence-electron chi connectivity index (χ0n) is 15.2. The van der Waals surface area contributed by atoms with Crippen LogP contribution in [0.4, 0.5) is 0 Å². The minimum atomic E-state index is -0.195. The van der Waals surface area contributed by atoms with Crippen LogP contribution >= 0.6 is 11.8 Å². The molecule has 1 amide bonds. The topological polar surface area (TPSA) is 78.9 Å².